The van der Waals surface area contributed by atoms with Crippen molar-refractivity contribution in [3.63, 3.8) is 0 Å². The Morgan fingerprint density at radius 3 is 2.82 bits per heavy atom. The van der Waals surface area contributed by atoms with Gasteiger partial charge in [0, 0.05) is 24.5 Å². The van der Waals surface area contributed by atoms with Crippen LogP contribution in [0.3, 0.4) is 0 Å². The van der Waals surface area contributed by atoms with Gasteiger partial charge in [-0.1, -0.05) is 35.8 Å². The van der Waals surface area contributed by atoms with Crippen LogP contribution >= 0.6 is 11.6 Å². The lowest BCUT2D eigenvalue weighted by Crippen LogP contribution is -2.40. The fourth-order valence-electron chi connectivity index (χ4n) is 2.64. The summed E-state index contributed by atoms with van der Waals surface area (Å²) in [5.41, 5.74) is 1.14. The van der Waals surface area contributed by atoms with Gasteiger partial charge in [-0.05, 0) is 24.6 Å². The normalized spacial score (nSPS) is 21.0. The number of ether oxygens (including phenoxy) is 1. The molecule has 1 aliphatic heterocycles. The van der Waals surface area contributed by atoms with Crippen LogP contribution in [-0.2, 0) is 11.2 Å². The van der Waals surface area contributed by atoms with Gasteiger partial charge in [0.15, 0.2) is 5.82 Å². The van der Waals surface area contributed by atoms with Crippen LogP contribution in [0.2, 0.25) is 5.02 Å². The zero-order valence-corrected chi connectivity index (χ0v) is 13.6. The van der Waals surface area contributed by atoms with E-state index in [9.17, 15) is 0 Å². The molecule has 0 radical (unpaired) electrons. The number of rotatable bonds is 4. The van der Waals surface area contributed by atoms with Crippen molar-refractivity contribution in [1.29, 1.82) is 0 Å². The number of halogens is 1. The zero-order chi connectivity index (χ0) is 15.5. The largest absolute Gasteiger partial charge is 0.371 e. The van der Waals surface area contributed by atoms with Gasteiger partial charge in [-0.3, -0.25) is 4.90 Å². The molecule has 22 heavy (non-hydrogen) atoms. The smallest absolute Gasteiger partial charge is 0.243 e. The summed E-state index contributed by atoms with van der Waals surface area (Å²) in [6.45, 7) is 6.45. The molecule has 6 heteroatoms. The number of benzene rings is 1. The summed E-state index contributed by atoms with van der Waals surface area (Å²) < 4.78 is 11.3. The highest BCUT2D eigenvalue weighted by molar-refractivity contribution is 6.30. The first-order valence-electron chi connectivity index (χ1n) is 7.61. The van der Waals surface area contributed by atoms with Gasteiger partial charge in [0.05, 0.1) is 18.8 Å². The Kier molecular flexibility index (Phi) is 4.76. The lowest BCUT2D eigenvalue weighted by molar-refractivity contribution is -0.0469. The minimum atomic E-state index is 0.0435. The Balaban J connectivity index is 1.70. The van der Waals surface area contributed by atoms with Crippen molar-refractivity contribution in [1.82, 2.24) is 15.0 Å². The van der Waals surface area contributed by atoms with Gasteiger partial charge in [-0.2, -0.15) is 4.98 Å². The summed E-state index contributed by atoms with van der Waals surface area (Å²) in [6, 6.07) is 7.92. The minimum absolute atomic E-state index is 0.0435. The fourth-order valence-corrected chi connectivity index (χ4v) is 2.76. The van der Waals surface area contributed by atoms with E-state index in [1.54, 1.807) is 0 Å². The molecule has 5 nitrogen and oxygen atoms in total. The molecule has 0 spiro atoms. The molecule has 1 saturated heterocycles. The molecule has 1 aliphatic rings. The standard InChI is InChI=1S/C16H20ClN3O2/c1-3-15-18-16(22-19-15)11(2)20-8-9-21-14(10-20)12-4-6-13(17)7-5-12/h4-7,11,14H,3,8-10H2,1-2H3/t11-,14-/m0/s1. The van der Waals surface area contributed by atoms with E-state index < -0.39 is 0 Å². The molecule has 3 rings (SSSR count). The summed E-state index contributed by atoms with van der Waals surface area (Å²) in [6.07, 6.45) is 0.828. The van der Waals surface area contributed by atoms with Gasteiger partial charge in [-0.15, -0.1) is 0 Å². The number of nitrogens with zero attached hydrogens (tertiary/aromatic N) is 3. The fraction of sp³-hybridized carbons (Fsp3) is 0.500. The van der Waals surface area contributed by atoms with Gasteiger partial charge in [0.25, 0.3) is 0 Å². The quantitative estimate of drug-likeness (QED) is 0.863. The highest BCUT2D eigenvalue weighted by Gasteiger charge is 2.28. The average molecular weight is 322 g/mol. The SMILES string of the molecule is CCc1noc([C@H](C)N2CCO[C@H](c3ccc(Cl)cc3)C2)n1. The van der Waals surface area contributed by atoms with E-state index in [0.717, 1.165) is 35.9 Å². The Morgan fingerprint density at radius 2 is 2.14 bits per heavy atom. The summed E-state index contributed by atoms with van der Waals surface area (Å²) in [5.74, 6) is 1.43. The number of hydrogen-bond donors (Lipinski definition) is 0. The van der Waals surface area contributed by atoms with Crippen LogP contribution in [0.4, 0.5) is 0 Å². The summed E-state index contributed by atoms with van der Waals surface area (Å²) >= 11 is 5.95. The molecule has 1 aromatic carbocycles. The molecule has 2 heterocycles. The molecule has 0 saturated carbocycles. The number of aryl methyl sites for hydroxylation is 1. The number of hydrogen-bond acceptors (Lipinski definition) is 5. The third kappa shape index (κ3) is 3.32. The molecule has 0 amide bonds. The first kappa shape index (κ1) is 15.5. The first-order valence-corrected chi connectivity index (χ1v) is 7.98. The van der Waals surface area contributed by atoms with Crippen molar-refractivity contribution in [2.24, 2.45) is 0 Å². The van der Waals surface area contributed by atoms with Crippen molar-refractivity contribution in [2.45, 2.75) is 32.4 Å². The van der Waals surface area contributed by atoms with Crippen molar-refractivity contribution in [3.05, 3.63) is 46.6 Å². The molecule has 1 fully saturated rings. The Morgan fingerprint density at radius 1 is 1.36 bits per heavy atom. The predicted octanol–water partition coefficient (Wildman–Crippen LogP) is 3.42. The molecule has 0 N–H and O–H groups in total. The Bertz CT molecular complexity index is 614. The van der Waals surface area contributed by atoms with E-state index >= 15 is 0 Å². The maximum Gasteiger partial charge on any atom is 0.243 e. The van der Waals surface area contributed by atoms with Crippen LogP contribution < -0.4 is 0 Å². The van der Waals surface area contributed by atoms with Gasteiger partial charge < -0.3 is 9.26 Å². The van der Waals surface area contributed by atoms with Crippen LogP contribution in [0.5, 0.6) is 0 Å². The highest BCUT2D eigenvalue weighted by Crippen LogP contribution is 2.28. The van der Waals surface area contributed by atoms with Gasteiger partial charge in [0.1, 0.15) is 0 Å². The predicted molar refractivity (Wildman–Crippen MR) is 83.8 cm³/mol. The van der Waals surface area contributed by atoms with Crippen LogP contribution in [0, 0.1) is 0 Å². The van der Waals surface area contributed by atoms with Crippen LogP contribution in [0.15, 0.2) is 28.8 Å². The Hall–Kier alpha value is -1.43. The molecular weight excluding hydrogens is 302 g/mol. The van der Waals surface area contributed by atoms with E-state index in [1.165, 1.54) is 0 Å². The molecule has 1 aromatic heterocycles. The molecule has 0 unspecified atom stereocenters. The number of morpholine rings is 1. The van der Waals surface area contributed by atoms with Crippen LogP contribution in [-0.4, -0.2) is 34.7 Å². The summed E-state index contributed by atoms with van der Waals surface area (Å²) in [4.78, 5) is 6.75. The highest BCUT2D eigenvalue weighted by atomic mass is 35.5. The molecule has 2 atom stereocenters. The van der Waals surface area contributed by atoms with Crippen molar-refractivity contribution in [2.75, 3.05) is 19.7 Å². The third-order valence-electron chi connectivity index (χ3n) is 4.04. The molecule has 0 bridgehead atoms. The molecule has 0 aliphatic carbocycles. The molecular formula is C16H20ClN3O2. The van der Waals surface area contributed by atoms with Gasteiger partial charge in [-0.25, -0.2) is 0 Å². The Labute approximate surface area is 135 Å². The molecule has 2 aromatic rings. The number of aromatic nitrogens is 2. The van der Waals surface area contributed by atoms with Gasteiger partial charge >= 0.3 is 0 Å². The molecule has 118 valence electrons. The van der Waals surface area contributed by atoms with Crippen molar-refractivity contribution >= 4 is 11.6 Å². The monoisotopic (exact) mass is 321 g/mol. The van der Waals surface area contributed by atoms with Crippen molar-refractivity contribution in [3.8, 4) is 0 Å². The average Bonchev–Trinajstić information content (AvgIpc) is 3.04. The first-order chi connectivity index (χ1) is 10.7. The summed E-state index contributed by atoms with van der Waals surface area (Å²) in [5, 5.41) is 4.72. The van der Waals surface area contributed by atoms with Gasteiger partial charge in [0.2, 0.25) is 5.89 Å². The second-order valence-electron chi connectivity index (χ2n) is 5.48. The van der Waals surface area contributed by atoms with Crippen LogP contribution in [0.25, 0.3) is 0 Å². The van der Waals surface area contributed by atoms with E-state index in [-0.39, 0.29) is 12.1 Å². The maximum absolute atomic E-state index is 5.95. The second-order valence-corrected chi connectivity index (χ2v) is 5.92. The second kappa shape index (κ2) is 6.77. The topological polar surface area (TPSA) is 51.4 Å². The van der Waals surface area contributed by atoms with E-state index in [4.69, 9.17) is 20.9 Å². The zero-order valence-electron chi connectivity index (χ0n) is 12.8. The maximum atomic E-state index is 5.95. The van der Waals surface area contributed by atoms with E-state index in [2.05, 4.69) is 22.0 Å². The summed E-state index contributed by atoms with van der Waals surface area (Å²) in [7, 11) is 0. The minimum Gasteiger partial charge on any atom is -0.371 e. The lowest BCUT2D eigenvalue weighted by atomic mass is 10.1. The lowest BCUT2D eigenvalue weighted by Gasteiger charge is -2.35. The van der Waals surface area contributed by atoms with Crippen LogP contribution in [0.1, 0.15) is 43.3 Å². The van der Waals surface area contributed by atoms with E-state index in [0.29, 0.717) is 12.5 Å². The third-order valence-corrected chi connectivity index (χ3v) is 4.30. The van der Waals surface area contributed by atoms with E-state index in [1.807, 2.05) is 31.2 Å². The van der Waals surface area contributed by atoms with Crippen molar-refractivity contribution < 1.29 is 9.26 Å².